The molecule has 2 nitrogen and oxygen atoms in total. The average molecular weight is 322 g/mol. The summed E-state index contributed by atoms with van der Waals surface area (Å²) in [7, 11) is 1.87. The quantitative estimate of drug-likeness (QED) is 0.742. The molecule has 0 aliphatic heterocycles. The first-order valence-corrected chi connectivity index (χ1v) is 6.68. The molecule has 0 aliphatic rings. The Morgan fingerprint density at radius 3 is 2.78 bits per heavy atom. The van der Waals surface area contributed by atoms with Crippen LogP contribution in [0.5, 0.6) is 0 Å². The predicted molar refractivity (Wildman–Crippen MR) is 72.1 cm³/mol. The molecule has 0 bridgehead atoms. The van der Waals surface area contributed by atoms with E-state index in [1.165, 1.54) is 5.56 Å². The number of halogens is 3. The number of hydrogen-bond acceptors (Lipinski definition) is 2. The molecule has 0 saturated carbocycles. The molecule has 0 aliphatic carbocycles. The monoisotopic (exact) mass is 321 g/mol. The molecule has 0 heterocycles. The molecule has 1 N–H and O–H groups in total. The number of likely N-dealkylation sites (N-methyl/N-ethyl adjacent to an activating group) is 1. The van der Waals surface area contributed by atoms with Gasteiger partial charge in [-0.1, -0.05) is 28.1 Å². The number of benzene rings is 1. The highest BCUT2D eigenvalue weighted by Crippen LogP contribution is 2.14. The van der Waals surface area contributed by atoms with Crippen molar-refractivity contribution in [3.8, 4) is 0 Å². The van der Waals surface area contributed by atoms with Gasteiger partial charge in [0, 0.05) is 17.1 Å². The topological polar surface area (TPSA) is 21.3 Å². The molecule has 5 heteroatoms. The fourth-order valence-corrected chi connectivity index (χ4v) is 2.14. The van der Waals surface area contributed by atoms with Crippen molar-refractivity contribution in [3.05, 3.63) is 34.3 Å². The summed E-state index contributed by atoms with van der Waals surface area (Å²) >= 11 is 3.43. The van der Waals surface area contributed by atoms with E-state index >= 15 is 0 Å². The van der Waals surface area contributed by atoms with Gasteiger partial charge in [-0.15, -0.1) is 0 Å². The van der Waals surface area contributed by atoms with Crippen LogP contribution in [0.3, 0.4) is 0 Å². The molecule has 1 atom stereocenters. The van der Waals surface area contributed by atoms with Crippen molar-refractivity contribution in [2.24, 2.45) is 0 Å². The predicted octanol–water partition coefficient (Wildman–Crippen LogP) is 3.25. The van der Waals surface area contributed by atoms with Crippen molar-refractivity contribution in [2.45, 2.75) is 25.3 Å². The van der Waals surface area contributed by atoms with Gasteiger partial charge >= 0.3 is 0 Å². The summed E-state index contributed by atoms with van der Waals surface area (Å²) in [6.07, 6.45) is -0.813. The lowest BCUT2D eigenvalue weighted by atomic mass is 10.0. The van der Waals surface area contributed by atoms with Crippen LogP contribution in [0.15, 0.2) is 28.7 Å². The van der Waals surface area contributed by atoms with Gasteiger partial charge in [0.05, 0.1) is 0 Å². The Balaban J connectivity index is 2.33. The summed E-state index contributed by atoms with van der Waals surface area (Å²) in [5.41, 5.74) is 1.21. The second kappa shape index (κ2) is 8.56. The molecule has 1 rings (SSSR count). The van der Waals surface area contributed by atoms with Crippen molar-refractivity contribution in [1.29, 1.82) is 0 Å². The van der Waals surface area contributed by atoms with Gasteiger partial charge in [-0.25, -0.2) is 8.78 Å². The van der Waals surface area contributed by atoms with Crippen LogP contribution in [0.1, 0.15) is 12.0 Å². The molecule has 102 valence electrons. The first kappa shape index (κ1) is 15.5. The van der Waals surface area contributed by atoms with E-state index in [2.05, 4.69) is 33.4 Å². The van der Waals surface area contributed by atoms with Crippen LogP contribution in [0.25, 0.3) is 0 Å². The van der Waals surface area contributed by atoms with E-state index in [1.54, 1.807) is 0 Å². The highest BCUT2D eigenvalue weighted by molar-refractivity contribution is 9.10. The second-order valence-corrected chi connectivity index (χ2v) is 4.99. The largest absolute Gasteiger partial charge is 0.375 e. The van der Waals surface area contributed by atoms with Crippen LogP contribution in [-0.4, -0.2) is 32.7 Å². The zero-order valence-corrected chi connectivity index (χ0v) is 11.9. The van der Waals surface area contributed by atoms with E-state index in [-0.39, 0.29) is 6.04 Å². The lowest BCUT2D eigenvalue weighted by molar-refractivity contribution is 0.0146. The fourth-order valence-electron chi connectivity index (χ4n) is 1.69. The minimum atomic E-state index is -2.39. The van der Waals surface area contributed by atoms with E-state index in [1.807, 2.05) is 19.2 Å². The van der Waals surface area contributed by atoms with Gasteiger partial charge in [0.25, 0.3) is 6.43 Å². The fraction of sp³-hybridized carbons (Fsp3) is 0.538. The summed E-state index contributed by atoms with van der Waals surface area (Å²) in [6.45, 7) is -0.128. The third kappa shape index (κ3) is 6.42. The number of ether oxygens (including phenoxy) is 1. The smallest absolute Gasteiger partial charge is 0.261 e. The molecule has 18 heavy (non-hydrogen) atoms. The SMILES string of the molecule is CNC(CCOCC(F)F)Cc1cccc(Br)c1. The molecular weight excluding hydrogens is 304 g/mol. The zero-order chi connectivity index (χ0) is 13.4. The van der Waals surface area contributed by atoms with Crippen LogP contribution >= 0.6 is 15.9 Å². The standard InChI is InChI=1S/C13H18BrF2NO/c1-17-12(5-6-18-9-13(15)16)8-10-3-2-4-11(14)7-10/h2-4,7,12-13,17H,5-6,8-9H2,1H3. The maximum absolute atomic E-state index is 11.9. The van der Waals surface area contributed by atoms with Gasteiger partial charge in [0.15, 0.2) is 0 Å². The second-order valence-electron chi connectivity index (χ2n) is 4.07. The number of nitrogens with one attached hydrogen (secondary N) is 1. The molecule has 0 radical (unpaired) electrons. The molecule has 0 spiro atoms. The normalized spacial score (nSPS) is 12.9. The lowest BCUT2D eigenvalue weighted by Crippen LogP contribution is -2.29. The first-order chi connectivity index (χ1) is 8.61. The Morgan fingerprint density at radius 1 is 1.39 bits per heavy atom. The zero-order valence-electron chi connectivity index (χ0n) is 10.3. The van der Waals surface area contributed by atoms with E-state index in [0.29, 0.717) is 6.61 Å². The molecule has 0 saturated heterocycles. The highest BCUT2D eigenvalue weighted by atomic mass is 79.9. The van der Waals surface area contributed by atoms with Gasteiger partial charge in [-0.05, 0) is 37.6 Å². The Hall–Kier alpha value is -0.520. The average Bonchev–Trinajstić information content (AvgIpc) is 2.33. The van der Waals surface area contributed by atoms with Crippen LogP contribution in [0.2, 0.25) is 0 Å². The summed E-state index contributed by atoms with van der Waals surface area (Å²) in [6, 6.07) is 8.31. The molecule has 0 fully saturated rings. The molecular formula is C13H18BrF2NO. The molecule has 0 aromatic heterocycles. The Kier molecular flexibility index (Phi) is 7.39. The van der Waals surface area contributed by atoms with Crippen molar-refractivity contribution < 1.29 is 13.5 Å². The molecule has 0 amide bonds. The van der Waals surface area contributed by atoms with E-state index in [0.717, 1.165) is 17.3 Å². The third-order valence-electron chi connectivity index (χ3n) is 2.63. The summed E-state index contributed by atoms with van der Waals surface area (Å²) < 4.78 is 29.7. The van der Waals surface area contributed by atoms with Gasteiger partial charge in [0.1, 0.15) is 6.61 Å². The number of hydrogen-bond donors (Lipinski definition) is 1. The van der Waals surface area contributed by atoms with Crippen LogP contribution in [0.4, 0.5) is 8.78 Å². The number of rotatable bonds is 8. The van der Waals surface area contributed by atoms with Crippen molar-refractivity contribution >= 4 is 15.9 Å². The lowest BCUT2D eigenvalue weighted by Gasteiger charge is -2.16. The van der Waals surface area contributed by atoms with Gasteiger partial charge in [0.2, 0.25) is 0 Å². The summed E-state index contributed by atoms with van der Waals surface area (Å²) in [5, 5.41) is 3.18. The van der Waals surface area contributed by atoms with E-state index in [9.17, 15) is 8.78 Å². The van der Waals surface area contributed by atoms with E-state index in [4.69, 9.17) is 4.74 Å². The van der Waals surface area contributed by atoms with Crippen LogP contribution in [-0.2, 0) is 11.2 Å². The van der Waals surface area contributed by atoms with Crippen molar-refractivity contribution in [3.63, 3.8) is 0 Å². The van der Waals surface area contributed by atoms with Gasteiger partial charge in [-0.2, -0.15) is 0 Å². The Bertz CT molecular complexity index is 350. The Morgan fingerprint density at radius 2 is 2.17 bits per heavy atom. The maximum Gasteiger partial charge on any atom is 0.261 e. The van der Waals surface area contributed by atoms with Crippen molar-refractivity contribution in [1.82, 2.24) is 5.32 Å². The minimum Gasteiger partial charge on any atom is -0.375 e. The first-order valence-electron chi connectivity index (χ1n) is 5.89. The minimum absolute atomic E-state index is 0.233. The summed E-state index contributed by atoms with van der Waals surface area (Å²) in [4.78, 5) is 0. The molecule has 1 aromatic rings. The van der Waals surface area contributed by atoms with Crippen molar-refractivity contribution in [2.75, 3.05) is 20.3 Å². The Labute approximate surface area is 115 Å². The van der Waals surface area contributed by atoms with E-state index < -0.39 is 13.0 Å². The summed E-state index contributed by atoms with van der Waals surface area (Å²) in [5.74, 6) is 0. The maximum atomic E-state index is 11.9. The molecule has 1 unspecified atom stereocenters. The third-order valence-corrected chi connectivity index (χ3v) is 3.13. The van der Waals surface area contributed by atoms with Gasteiger partial charge in [-0.3, -0.25) is 0 Å². The van der Waals surface area contributed by atoms with Gasteiger partial charge < -0.3 is 10.1 Å². The highest BCUT2D eigenvalue weighted by Gasteiger charge is 2.08. The molecule has 1 aromatic carbocycles. The number of alkyl halides is 2. The van der Waals surface area contributed by atoms with Crippen LogP contribution in [0, 0.1) is 0 Å². The van der Waals surface area contributed by atoms with Crippen LogP contribution < -0.4 is 5.32 Å².